The van der Waals surface area contributed by atoms with E-state index in [9.17, 15) is 31.1 Å². The third kappa shape index (κ3) is 8.57. The van der Waals surface area contributed by atoms with Crippen molar-refractivity contribution < 1.29 is 50.1 Å². The molecule has 4 aromatic carbocycles. The van der Waals surface area contributed by atoms with E-state index in [2.05, 4.69) is 14.8 Å². The fraction of sp³-hybridized carbons (Fsp3) is 0.194. The molecule has 0 fully saturated rings. The second kappa shape index (κ2) is 13.0. The summed E-state index contributed by atoms with van der Waals surface area (Å²) in [7, 11) is 1.39. The molecule has 1 amide bonds. The molecule has 0 radical (unpaired) electrons. The zero-order chi connectivity index (χ0) is 31.1. The van der Waals surface area contributed by atoms with Gasteiger partial charge >= 0.3 is 18.8 Å². The first-order chi connectivity index (χ1) is 20.4. The highest BCUT2D eigenvalue weighted by Crippen LogP contribution is 2.40. The van der Waals surface area contributed by atoms with E-state index in [1.807, 2.05) is 0 Å². The lowest BCUT2D eigenvalue weighted by Crippen LogP contribution is -2.44. The maximum absolute atomic E-state index is 13.1. The highest BCUT2D eigenvalue weighted by Gasteiger charge is 2.38. The monoisotopic (exact) mass is 605 g/mol. The van der Waals surface area contributed by atoms with Crippen LogP contribution in [0.2, 0.25) is 0 Å². The standard InChI is InChI=1S/C31H25F6NO5/c1-40-26-15-5-6-16-27(26)41-28(39)38-20-29(19-21-9-3-2-4-10-21,22-11-7-13-24(17-22)42-30(32,33)34)23-12-8-14-25(18-23)43-31(35,36)37/h2-18H,19-20H2,1H3,(H,38,39). The summed E-state index contributed by atoms with van der Waals surface area (Å²) >= 11 is 0. The number of methoxy groups -OCH3 is 1. The Balaban J connectivity index is 1.83. The van der Waals surface area contributed by atoms with Crippen LogP contribution in [0.4, 0.5) is 31.1 Å². The van der Waals surface area contributed by atoms with Crippen LogP contribution in [0, 0.1) is 0 Å². The lowest BCUT2D eigenvalue weighted by molar-refractivity contribution is -0.275. The third-order valence-corrected chi connectivity index (χ3v) is 6.40. The molecule has 226 valence electrons. The minimum atomic E-state index is -5.00. The molecular weight excluding hydrogens is 580 g/mol. The fourth-order valence-corrected chi connectivity index (χ4v) is 4.63. The van der Waals surface area contributed by atoms with Crippen molar-refractivity contribution in [3.05, 3.63) is 120 Å². The summed E-state index contributed by atoms with van der Waals surface area (Å²) in [5.74, 6) is -0.747. The number of halogens is 6. The molecule has 0 saturated heterocycles. The zero-order valence-electron chi connectivity index (χ0n) is 22.5. The molecule has 0 saturated carbocycles. The van der Waals surface area contributed by atoms with Crippen molar-refractivity contribution in [3.63, 3.8) is 0 Å². The highest BCUT2D eigenvalue weighted by atomic mass is 19.4. The number of benzene rings is 4. The van der Waals surface area contributed by atoms with E-state index in [4.69, 9.17) is 9.47 Å². The Kier molecular flexibility index (Phi) is 9.37. The number of nitrogens with one attached hydrogen (secondary N) is 1. The number of alkyl halides is 6. The molecule has 0 aliphatic rings. The molecule has 6 nitrogen and oxygen atoms in total. The number of carbonyl (C=O) groups is 1. The van der Waals surface area contributed by atoms with E-state index in [0.717, 1.165) is 24.3 Å². The number of rotatable bonds is 10. The van der Waals surface area contributed by atoms with Crippen molar-refractivity contribution in [1.82, 2.24) is 5.32 Å². The average molecular weight is 606 g/mol. The second-order valence-corrected chi connectivity index (χ2v) is 9.29. The van der Waals surface area contributed by atoms with Gasteiger partial charge in [0.2, 0.25) is 0 Å². The van der Waals surface area contributed by atoms with E-state index in [-0.39, 0.29) is 35.6 Å². The molecule has 12 heteroatoms. The van der Waals surface area contributed by atoms with Gasteiger partial charge in [-0.05, 0) is 59.5 Å². The van der Waals surface area contributed by atoms with E-state index in [1.54, 1.807) is 48.5 Å². The first-order valence-corrected chi connectivity index (χ1v) is 12.7. The molecule has 0 spiro atoms. The van der Waals surface area contributed by atoms with Gasteiger partial charge in [0.1, 0.15) is 11.5 Å². The maximum atomic E-state index is 13.1. The Bertz CT molecular complexity index is 1470. The number of hydrogen-bond donors (Lipinski definition) is 1. The summed E-state index contributed by atoms with van der Waals surface area (Å²) in [6.45, 7) is -0.319. The van der Waals surface area contributed by atoms with E-state index >= 15 is 0 Å². The topological polar surface area (TPSA) is 66.0 Å². The summed E-state index contributed by atoms with van der Waals surface area (Å²) in [5, 5.41) is 2.63. The van der Waals surface area contributed by atoms with Crippen LogP contribution >= 0.6 is 0 Å². The summed E-state index contributed by atoms with van der Waals surface area (Å²) in [5.41, 5.74) is -0.358. The quantitative estimate of drug-likeness (QED) is 0.187. The zero-order valence-corrected chi connectivity index (χ0v) is 22.5. The van der Waals surface area contributed by atoms with Gasteiger partial charge in [-0.2, -0.15) is 0 Å². The number of carbonyl (C=O) groups excluding carboxylic acids is 1. The average Bonchev–Trinajstić information content (AvgIpc) is 2.94. The maximum Gasteiger partial charge on any atom is 0.573 e. The number of amides is 1. The van der Waals surface area contributed by atoms with Crippen LogP contribution in [0.25, 0.3) is 0 Å². The first-order valence-electron chi connectivity index (χ1n) is 12.7. The van der Waals surface area contributed by atoms with Crippen LogP contribution < -0.4 is 24.3 Å². The van der Waals surface area contributed by atoms with Crippen molar-refractivity contribution >= 4 is 6.09 Å². The molecule has 4 rings (SSSR count). The first kappa shape index (κ1) is 31.1. The predicted octanol–water partition coefficient (Wildman–Crippen LogP) is 7.81. The minimum absolute atomic E-state index is 0.0354. The third-order valence-electron chi connectivity index (χ3n) is 6.40. The van der Waals surface area contributed by atoms with Crippen LogP contribution in [0.5, 0.6) is 23.0 Å². The Labute approximate surface area is 242 Å². The molecule has 0 unspecified atom stereocenters. The van der Waals surface area contributed by atoms with Gasteiger partial charge in [-0.3, -0.25) is 0 Å². The Hall–Kier alpha value is -4.87. The minimum Gasteiger partial charge on any atom is -0.493 e. The van der Waals surface area contributed by atoms with Gasteiger partial charge in [0.25, 0.3) is 0 Å². The Morgan fingerprint density at radius 1 is 0.674 bits per heavy atom. The summed E-state index contributed by atoms with van der Waals surface area (Å²) < 4.78 is 97.8. The molecule has 43 heavy (non-hydrogen) atoms. The lowest BCUT2D eigenvalue weighted by atomic mass is 9.70. The Morgan fingerprint density at radius 2 is 1.19 bits per heavy atom. The van der Waals surface area contributed by atoms with Gasteiger partial charge in [-0.25, -0.2) is 4.79 Å². The molecule has 0 bridgehead atoms. The van der Waals surface area contributed by atoms with Crippen molar-refractivity contribution in [2.45, 2.75) is 24.6 Å². The molecule has 0 aromatic heterocycles. The van der Waals surface area contributed by atoms with Gasteiger partial charge in [-0.15, -0.1) is 26.3 Å². The van der Waals surface area contributed by atoms with Gasteiger partial charge in [0.15, 0.2) is 11.5 Å². The molecule has 0 atom stereocenters. The molecule has 4 aromatic rings. The molecule has 1 N–H and O–H groups in total. The van der Waals surface area contributed by atoms with E-state index in [0.29, 0.717) is 5.56 Å². The summed E-state index contributed by atoms with van der Waals surface area (Å²) in [6, 6.07) is 25.1. The SMILES string of the molecule is COc1ccccc1OC(=O)NCC(Cc1ccccc1)(c1cccc(OC(F)(F)F)c1)c1cccc(OC(F)(F)F)c1. The van der Waals surface area contributed by atoms with E-state index in [1.165, 1.54) is 37.4 Å². The van der Waals surface area contributed by atoms with Crippen molar-refractivity contribution in [2.75, 3.05) is 13.7 Å². The second-order valence-electron chi connectivity index (χ2n) is 9.29. The van der Waals surface area contributed by atoms with Crippen LogP contribution in [0.1, 0.15) is 16.7 Å². The smallest absolute Gasteiger partial charge is 0.493 e. The molecule has 0 aliphatic heterocycles. The van der Waals surface area contributed by atoms with Crippen LogP contribution in [0.3, 0.4) is 0 Å². The molecular formula is C31H25F6NO5. The van der Waals surface area contributed by atoms with Gasteiger partial charge < -0.3 is 24.3 Å². The highest BCUT2D eigenvalue weighted by molar-refractivity contribution is 5.72. The van der Waals surface area contributed by atoms with Gasteiger partial charge in [0, 0.05) is 12.0 Å². The number of para-hydroxylation sites is 2. The predicted molar refractivity (Wildman–Crippen MR) is 144 cm³/mol. The van der Waals surface area contributed by atoms with Crippen LogP contribution in [-0.2, 0) is 11.8 Å². The normalized spacial score (nSPS) is 11.9. The van der Waals surface area contributed by atoms with Crippen LogP contribution in [-0.4, -0.2) is 32.5 Å². The number of hydrogen-bond acceptors (Lipinski definition) is 5. The Morgan fingerprint density at radius 3 is 1.70 bits per heavy atom. The van der Waals surface area contributed by atoms with Crippen molar-refractivity contribution in [3.8, 4) is 23.0 Å². The lowest BCUT2D eigenvalue weighted by Gasteiger charge is -2.36. The van der Waals surface area contributed by atoms with E-state index < -0.39 is 35.7 Å². The van der Waals surface area contributed by atoms with Gasteiger partial charge in [0.05, 0.1) is 7.11 Å². The van der Waals surface area contributed by atoms with Crippen molar-refractivity contribution in [2.24, 2.45) is 0 Å². The summed E-state index contributed by atoms with van der Waals surface area (Å²) in [6.07, 6.45) is -10.9. The molecule has 0 heterocycles. The van der Waals surface area contributed by atoms with Gasteiger partial charge in [-0.1, -0.05) is 66.7 Å². The van der Waals surface area contributed by atoms with Crippen LogP contribution in [0.15, 0.2) is 103 Å². The fourth-order valence-electron chi connectivity index (χ4n) is 4.63. The number of ether oxygens (including phenoxy) is 4. The summed E-state index contributed by atoms with van der Waals surface area (Å²) in [4.78, 5) is 13.0. The molecule has 0 aliphatic carbocycles. The van der Waals surface area contributed by atoms with Crippen molar-refractivity contribution in [1.29, 1.82) is 0 Å². The largest absolute Gasteiger partial charge is 0.573 e.